The Bertz CT molecular complexity index is 3590. The summed E-state index contributed by atoms with van der Waals surface area (Å²) in [5, 5.41) is 47.3. The Labute approximate surface area is 480 Å². The number of nitrogens with zero attached hydrogens (tertiary/aromatic N) is 9. The van der Waals surface area contributed by atoms with Gasteiger partial charge in [-0.2, -0.15) is 15.8 Å². The third-order valence-corrected chi connectivity index (χ3v) is 18.7. The lowest BCUT2D eigenvalue weighted by Crippen LogP contribution is -2.36. The van der Waals surface area contributed by atoms with E-state index in [4.69, 9.17) is 20.5 Å². The van der Waals surface area contributed by atoms with Crippen molar-refractivity contribution in [2.24, 2.45) is 5.92 Å². The highest BCUT2D eigenvalue weighted by Crippen LogP contribution is 2.40. The molecule has 6 bridgehead atoms. The van der Waals surface area contributed by atoms with E-state index in [9.17, 15) is 24.6 Å². The molecule has 0 spiro atoms. The van der Waals surface area contributed by atoms with Crippen LogP contribution >= 0.6 is 0 Å². The monoisotopic (exact) mass is 1100 g/mol. The van der Waals surface area contributed by atoms with Gasteiger partial charge < -0.3 is 28.7 Å². The second kappa shape index (κ2) is 23.6. The van der Waals surface area contributed by atoms with E-state index in [-0.39, 0.29) is 47.6 Å². The number of aliphatic hydroxyl groups is 2. The molecule has 0 amide bonds. The number of benzene rings is 3. The Kier molecular flexibility index (Phi) is 16.2. The lowest BCUT2D eigenvalue weighted by molar-refractivity contribution is -0.00301. The molecule has 6 atom stereocenters. The van der Waals surface area contributed by atoms with Gasteiger partial charge in [-0.15, -0.1) is 0 Å². The zero-order valence-electron chi connectivity index (χ0n) is 47.5. The van der Waals surface area contributed by atoms with Gasteiger partial charge in [-0.3, -0.25) is 29.1 Å². The van der Waals surface area contributed by atoms with Crippen molar-refractivity contribution in [1.29, 1.82) is 15.8 Å². The molecule has 13 rings (SSSR count). The third-order valence-electron chi connectivity index (χ3n) is 18.7. The summed E-state index contributed by atoms with van der Waals surface area (Å²) in [4.78, 5) is 46.0. The second-order valence-electron chi connectivity index (χ2n) is 23.5. The highest BCUT2D eigenvalue weighted by atomic mass is 16.5. The molecule has 10 heterocycles. The Hall–Kier alpha value is -7.70. The Morgan fingerprint density at radius 3 is 1.18 bits per heavy atom. The number of carbonyl (C=O) groups excluding carboxylic acids is 3. The van der Waals surface area contributed by atoms with Crippen LogP contribution in [0.2, 0.25) is 0 Å². The lowest BCUT2D eigenvalue weighted by Gasteiger charge is -2.21. The molecule has 7 aliphatic rings. The first-order chi connectivity index (χ1) is 39.6. The van der Waals surface area contributed by atoms with Crippen molar-refractivity contribution in [3.63, 3.8) is 0 Å². The average molecular weight is 1100 g/mol. The van der Waals surface area contributed by atoms with E-state index < -0.39 is 0 Å². The molecule has 0 saturated carbocycles. The predicted molar refractivity (Wildman–Crippen MR) is 310 cm³/mol. The molecule has 7 fully saturated rings. The third kappa shape index (κ3) is 10.9. The Morgan fingerprint density at radius 2 is 0.841 bits per heavy atom. The van der Waals surface area contributed by atoms with Gasteiger partial charge in [-0.25, -0.2) is 0 Å². The number of aryl methyl sites for hydroxylation is 2. The zero-order valence-corrected chi connectivity index (χ0v) is 47.5. The van der Waals surface area contributed by atoms with Crippen LogP contribution in [0.4, 0.5) is 0 Å². The molecule has 3 aromatic carbocycles. The lowest BCUT2D eigenvalue weighted by atomic mass is 9.98. The number of nitriles is 3. The van der Waals surface area contributed by atoms with Crippen molar-refractivity contribution in [3.8, 4) is 47.1 Å². The number of aromatic nitrogens is 3. The SMILES string of the molecule is Cc1c(C(=O)CN2C3CCC2[C@@H](O)C3)cc(C#CC2COC2)n1-c1ccc(C#N)cc1.Cc1cc(C(=O)CN2C3CCC2CC3)c(C)n1-c1ccc(C#N)cc1.Cc1cc(C(=O)CN2C3CCC2[C@@H](O)C3)c(C)n1-c1ccc(C#N)cc1. The minimum atomic E-state index is -0.318. The van der Waals surface area contributed by atoms with Gasteiger partial charge in [-0.05, 0) is 196 Å². The van der Waals surface area contributed by atoms with Crippen LogP contribution in [0.25, 0.3) is 17.1 Å². The van der Waals surface area contributed by atoms with Crippen molar-refractivity contribution in [2.45, 2.75) is 147 Å². The normalized spacial score (nSPS) is 24.1. The van der Waals surface area contributed by atoms with E-state index in [0.29, 0.717) is 79.3 Å². The standard InChI is InChI=1S/C25H25N3O3.C21H23N3O2.C21H23N3O/c1-16-22(25(30)13-27-20-8-9-23(27)24(29)11-20)10-21(7-4-18-14-31-15-18)28(16)19-5-2-17(12-26)3-6-19;1-13-9-18(14(2)24(13)16-5-3-15(11-22)4-6-16)21(26)12-23-17-7-8-19(23)20(25)10-17;1-14-11-20(21(25)13-23-17-7-8-18(23)10-9-17)15(2)24(14)19-5-3-16(12-22)4-6-19/h2-3,5-6,10,18,20,23-24,29H,8-9,11,13-15H2,1H3;3-6,9,17,19-20,25H,7-8,10,12H2,1-2H3;3-6,11,17-18H,7-10,13H2,1-2H3/t20?,23?,24-;17?,19?,20-;/m00./s1. The summed E-state index contributed by atoms with van der Waals surface area (Å²) < 4.78 is 11.4. The number of carbonyl (C=O) groups is 3. The summed E-state index contributed by atoms with van der Waals surface area (Å²) in [6.07, 6.45) is 10.1. The number of Topliss-reactive ketones (excluding diaryl/α,β-unsaturated/α-hetero) is 3. The average Bonchev–Trinajstić information content (AvgIpc) is 4.46. The minimum absolute atomic E-state index is 0.0610. The fraction of sp³-hybridized carbons (Fsp3) is 0.433. The summed E-state index contributed by atoms with van der Waals surface area (Å²) in [5.74, 6) is 7.13. The number of hydrogen-bond donors (Lipinski definition) is 2. The van der Waals surface area contributed by atoms with E-state index in [1.54, 1.807) is 24.3 Å². The molecule has 7 saturated heterocycles. The molecule has 6 aromatic rings. The highest BCUT2D eigenvalue weighted by Gasteiger charge is 2.47. The molecule has 420 valence electrons. The summed E-state index contributed by atoms with van der Waals surface area (Å²) in [6.45, 7) is 12.5. The van der Waals surface area contributed by atoms with Crippen LogP contribution in [0, 0.1) is 86.4 Å². The van der Waals surface area contributed by atoms with Crippen LogP contribution in [0.5, 0.6) is 0 Å². The number of rotatable bonds is 12. The molecular weight excluding hydrogens is 1030 g/mol. The van der Waals surface area contributed by atoms with Crippen LogP contribution in [0.3, 0.4) is 0 Å². The highest BCUT2D eigenvalue weighted by molar-refractivity contribution is 6.00. The van der Waals surface area contributed by atoms with Gasteiger partial charge in [0.25, 0.3) is 0 Å². The van der Waals surface area contributed by atoms with Crippen LogP contribution < -0.4 is 0 Å². The summed E-state index contributed by atoms with van der Waals surface area (Å²) in [6, 6.07) is 36.6. The molecule has 0 aliphatic carbocycles. The maximum Gasteiger partial charge on any atom is 0.178 e. The van der Waals surface area contributed by atoms with E-state index >= 15 is 0 Å². The summed E-state index contributed by atoms with van der Waals surface area (Å²) in [5.41, 5.74) is 12.5. The first kappa shape index (κ1) is 56.2. The van der Waals surface area contributed by atoms with Crippen molar-refractivity contribution >= 4 is 17.3 Å². The van der Waals surface area contributed by atoms with Crippen molar-refractivity contribution in [1.82, 2.24) is 28.4 Å². The Morgan fingerprint density at radius 1 is 0.488 bits per heavy atom. The molecule has 0 radical (unpaired) electrons. The van der Waals surface area contributed by atoms with Crippen LogP contribution in [-0.4, -0.2) is 137 Å². The Balaban J connectivity index is 0.000000130. The quantitative estimate of drug-likeness (QED) is 0.0873. The van der Waals surface area contributed by atoms with Crippen LogP contribution in [0.1, 0.15) is 146 Å². The molecule has 15 heteroatoms. The molecule has 3 aromatic heterocycles. The van der Waals surface area contributed by atoms with Gasteiger partial charge in [0.05, 0.1) is 91.6 Å². The maximum absolute atomic E-state index is 13.3. The van der Waals surface area contributed by atoms with Gasteiger partial charge in [0.1, 0.15) is 0 Å². The molecule has 15 nitrogen and oxygen atoms in total. The predicted octanol–water partition coefficient (Wildman–Crippen LogP) is 8.96. The second-order valence-corrected chi connectivity index (χ2v) is 23.5. The number of fused-ring (bicyclic) bond motifs is 6. The molecular formula is C67H71N9O6. The topological polar surface area (TPSA) is 197 Å². The van der Waals surface area contributed by atoms with Gasteiger partial charge in [0.15, 0.2) is 17.3 Å². The van der Waals surface area contributed by atoms with Gasteiger partial charge >= 0.3 is 0 Å². The first-order valence-corrected chi connectivity index (χ1v) is 29.1. The first-order valence-electron chi connectivity index (χ1n) is 29.1. The minimum Gasteiger partial charge on any atom is -0.391 e. The van der Waals surface area contributed by atoms with E-state index in [0.717, 1.165) is 101 Å². The van der Waals surface area contributed by atoms with Gasteiger partial charge in [-0.1, -0.05) is 5.92 Å². The van der Waals surface area contributed by atoms with Crippen molar-refractivity contribution in [3.05, 3.63) is 159 Å². The molecule has 2 N–H and O–H groups in total. The fourth-order valence-corrected chi connectivity index (χ4v) is 14.4. The van der Waals surface area contributed by atoms with E-state index in [2.05, 4.69) is 53.9 Å². The van der Waals surface area contributed by atoms with Crippen LogP contribution in [0.15, 0.2) is 91.0 Å². The number of ether oxygens (including phenoxy) is 1. The van der Waals surface area contributed by atoms with E-state index in [1.165, 1.54) is 25.7 Å². The number of hydrogen-bond acceptors (Lipinski definition) is 12. The van der Waals surface area contributed by atoms with Crippen LogP contribution in [-0.2, 0) is 4.74 Å². The summed E-state index contributed by atoms with van der Waals surface area (Å²) >= 11 is 0. The smallest absolute Gasteiger partial charge is 0.178 e. The number of aliphatic hydroxyl groups excluding tert-OH is 2. The maximum atomic E-state index is 13.3. The zero-order chi connectivity index (χ0) is 57.5. The molecule has 82 heavy (non-hydrogen) atoms. The fourth-order valence-electron chi connectivity index (χ4n) is 14.4. The molecule has 4 unspecified atom stereocenters. The van der Waals surface area contributed by atoms with Crippen molar-refractivity contribution < 1.29 is 29.3 Å². The van der Waals surface area contributed by atoms with E-state index in [1.807, 2.05) is 106 Å². The largest absolute Gasteiger partial charge is 0.391 e. The van der Waals surface area contributed by atoms with Gasteiger partial charge in [0.2, 0.25) is 0 Å². The number of ketones is 3. The molecule has 7 aliphatic heterocycles. The van der Waals surface area contributed by atoms with Crippen molar-refractivity contribution in [2.75, 3.05) is 32.8 Å². The summed E-state index contributed by atoms with van der Waals surface area (Å²) in [7, 11) is 0. The van der Waals surface area contributed by atoms with Gasteiger partial charge in [0, 0.05) is 98.5 Å².